The van der Waals surface area contributed by atoms with Gasteiger partial charge in [-0.05, 0) is 19.3 Å². The maximum atomic E-state index is 11.9. The molecule has 1 saturated heterocycles. The normalized spacial score (nSPS) is 23.1. The summed E-state index contributed by atoms with van der Waals surface area (Å²) >= 11 is 0. The van der Waals surface area contributed by atoms with E-state index in [2.05, 4.69) is 25.8 Å². The fraction of sp³-hybridized carbons (Fsp3) is 0.545. The van der Waals surface area contributed by atoms with E-state index in [9.17, 15) is 14.4 Å². The third-order valence-electron chi connectivity index (χ3n) is 3.21. The molecule has 8 nitrogen and oxygen atoms in total. The lowest BCUT2D eigenvalue weighted by Crippen LogP contribution is -2.52. The highest BCUT2D eigenvalue weighted by atomic mass is 16.2. The van der Waals surface area contributed by atoms with Crippen LogP contribution >= 0.6 is 0 Å². The maximum Gasteiger partial charge on any atom is 0.291 e. The number of nitrogens with zero attached hydrogens (tertiary/aromatic N) is 2. The summed E-state index contributed by atoms with van der Waals surface area (Å²) in [6.45, 7) is 0. The van der Waals surface area contributed by atoms with Crippen molar-refractivity contribution in [2.45, 2.75) is 37.6 Å². The average Bonchev–Trinajstić information content (AvgIpc) is 3.10. The summed E-state index contributed by atoms with van der Waals surface area (Å²) in [7, 11) is 0. The lowest BCUT2D eigenvalue weighted by molar-refractivity contribution is -0.134. The van der Waals surface area contributed by atoms with Crippen molar-refractivity contribution in [3.63, 3.8) is 0 Å². The van der Waals surface area contributed by atoms with E-state index in [0.29, 0.717) is 18.2 Å². The zero-order valence-electron chi connectivity index (χ0n) is 10.1. The van der Waals surface area contributed by atoms with Crippen LogP contribution in [0.15, 0.2) is 0 Å². The fourth-order valence-corrected chi connectivity index (χ4v) is 1.97. The first-order chi connectivity index (χ1) is 9.13. The average molecular weight is 263 g/mol. The van der Waals surface area contributed by atoms with Crippen molar-refractivity contribution in [2.75, 3.05) is 0 Å². The van der Waals surface area contributed by atoms with Crippen LogP contribution in [0.4, 0.5) is 0 Å². The summed E-state index contributed by atoms with van der Waals surface area (Å²) in [5, 5.41) is 11.3. The molecule has 3 N–H and O–H groups in total. The van der Waals surface area contributed by atoms with Crippen molar-refractivity contribution >= 4 is 17.7 Å². The number of piperidine rings is 1. The molecular weight excluding hydrogens is 250 g/mol. The summed E-state index contributed by atoms with van der Waals surface area (Å²) in [5.74, 6) is -0.172. The Morgan fingerprint density at radius 1 is 1.26 bits per heavy atom. The predicted molar refractivity (Wildman–Crippen MR) is 62.0 cm³/mol. The number of aromatic nitrogens is 3. The summed E-state index contributed by atoms with van der Waals surface area (Å²) in [5.41, 5.74) is 0. The molecular formula is C11H13N5O3. The van der Waals surface area contributed by atoms with Crippen molar-refractivity contribution in [3.8, 4) is 0 Å². The molecule has 1 aromatic heterocycles. The van der Waals surface area contributed by atoms with E-state index in [0.717, 1.165) is 12.8 Å². The number of nitrogens with one attached hydrogen (secondary N) is 3. The molecule has 100 valence electrons. The van der Waals surface area contributed by atoms with Crippen LogP contribution in [-0.2, 0) is 9.59 Å². The Kier molecular flexibility index (Phi) is 2.77. The molecule has 1 aliphatic heterocycles. The first-order valence-corrected chi connectivity index (χ1v) is 6.20. The minimum absolute atomic E-state index is 0.0339. The van der Waals surface area contributed by atoms with E-state index >= 15 is 0 Å². The summed E-state index contributed by atoms with van der Waals surface area (Å²) in [6.07, 6.45) is 2.64. The van der Waals surface area contributed by atoms with E-state index in [1.165, 1.54) is 0 Å². The van der Waals surface area contributed by atoms with E-state index in [1.54, 1.807) is 0 Å². The Morgan fingerprint density at radius 3 is 2.74 bits per heavy atom. The predicted octanol–water partition coefficient (Wildman–Crippen LogP) is -0.783. The number of carbonyl (C=O) groups is 3. The highest BCUT2D eigenvalue weighted by Gasteiger charge is 2.31. The summed E-state index contributed by atoms with van der Waals surface area (Å²) in [6, 6.07) is -0.701. The molecule has 2 fully saturated rings. The maximum absolute atomic E-state index is 11.9. The Morgan fingerprint density at radius 2 is 2.05 bits per heavy atom. The van der Waals surface area contributed by atoms with Crippen LogP contribution in [0.25, 0.3) is 0 Å². The van der Waals surface area contributed by atoms with Crippen LogP contribution in [0.2, 0.25) is 0 Å². The lowest BCUT2D eigenvalue weighted by Gasteiger charge is -2.20. The second-order valence-corrected chi connectivity index (χ2v) is 4.80. The van der Waals surface area contributed by atoms with E-state index < -0.39 is 17.9 Å². The molecule has 1 saturated carbocycles. The minimum atomic E-state index is -0.701. The van der Waals surface area contributed by atoms with E-state index in [-0.39, 0.29) is 18.2 Å². The van der Waals surface area contributed by atoms with Gasteiger partial charge in [0.15, 0.2) is 0 Å². The highest BCUT2D eigenvalue weighted by Crippen LogP contribution is 2.37. The van der Waals surface area contributed by atoms with Crippen LogP contribution in [0, 0.1) is 0 Å². The molecule has 2 heterocycles. The van der Waals surface area contributed by atoms with Gasteiger partial charge in [-0.2, -0.15) is 0 Å². The molecule has 0 aromatic carbocycles. The molecule has 0 spiro atoms. The highest BCUT2D eigenvalue weighted by molar-refractivity contribution is 6.03. The summed E-state index contributed by atoms with van der Waals surface area (Å²) < 4.78 is 0. The minimum Gasteiger partial charge on any atom is -0.337 e. The SMILES string of the molecule is O=C1CCC(NC(=O)c2n[nH]c(C3CC3)n2)C(=O)N1. The fourth-order valence-electron chi connectivity index (χ4n) is 1.97. The smallest absolute Gasteiger partial charge is 0.291 e. The van der Waals surface area contributed by atoms with E-state index in [4.69, 9.17) is 0 Å². The molecule has 2 aliphatic rings. The first-order valence-electron chi connectivity index (χ1n) is 6.20. The molecule has 1 aliphatic carbocycles. The molecule has 8 heteroatoms. The van der Waals surface area contributed by atoms with Gasteiger partial charge in [-0.3, -0.25) is 24.8 Å². The molecule has 3 amide bonds. The van der Waals surface area contributed by atoms with Gasteiger partial charge in [0.05, 0.1) is 0 Å². The van der Waals surface area contributed by atoms with Crippen LogP contribution in [0.5, 0.6) is 0 Å². The number of hydrogen-bond donors (Lipinski definition) is 3. The monoisotopic (exact) mass is 263 g/mol. The van der Waals surface area contributed by atoms with Crippen LogP contribution in [-0.4, -0.2) is 38.9 Å². The van der Waals surface area contributed by atoms with Gasteiger partial charge in [0.2, 0.25) is 17.6 Å². The number of hydrogen-bond acceptors (Lipinski definition) is 5. The second-order valence-electron chi connectivity index (χ2n) is 4.80. The molecule has 1 aromatic rings. The Bertz CT molecular complexity index is 548. The molecule has 3 rings (SSSR count). The molecule has 1 unspecified atom stereocenters. The third kappa shape index (κ3) is 2.47. The number of aromatic amines is 1. The Balaban J connectivity index is 1.63. The first kappa shape index (κ1) is 11.8. The van der Waals surface area contributed by atoms with Crippen LogP contribution < -0.4 is 10.6 Å². The second kappa shape index (κ2) is 4.45. The van der Waals surface area contributed by atoms with Crippen LogP contribution in [0.3, 0.4) is 0 Å². The van der Waals surface area contributed by atoms with E-state index in [1.807, 2.05) is 0 Å². The topological polar surface area (TPSA) is 117 Å². The van der Waals surface area contributed by atoms with Crippen molar-refractivity contribution in [1.29, 1.82) is 0 Å². The number of rotatable bonds is 3. The zero-order valence-corrected chi connectivity index (χ0v) is 10.1. The zero-order chi connectivity index (χ0) is 13.4. The molecule has 0 radical (unpaired) electrons. The van der Waals surface area contributed by atoms with Gasteiger partial charge in [0, 0.05) is 12.3 Å². The molecule has 1 atom stereocenters. The van der Waals surface area contributed by atoms with Gasteiger partial charge in [0.25, 0.3) is 5.91 Å². The van der Waals surface area contributed by atoms with Gasteiger partial charge in [-0.25, -0.2) is 4.98 Å². The lowest BCUT2D eigenvalue weighted by atomic mass is 10.1. The van der Waals surface area contributed by atoms with Gasteiger partial charge < -0.3 is 5.32 Å². The van der Waals surface area contributed by atoms with Crippen molar-refractivity contribution in [1.82, 2.24) is 25.8 Å². The molecule has 19 heavy (non-hydrogen) atoms. The van der Waals surface area contributed by atoms with Crippen molar-refractivity contribution < 1.29 is 14.4 Å². The molecule has 0 bridgehead atoms. The Hall–Kier alpha value is -2.25. The van der Waals surface area contributed by atoms with Crippen LogP contribution in [0.1, 0.15) is 48.0 Å². The van der Waals surface area contributed by atoms with Gasteiger partial charge in [0.1, 0.15) is 11.9 Å². The summed E-state index contributed by atoms with van der Waals surface area (Å²) in [4.78, 5) is 38.5. The largest absolute Gasteiger partial charge is 0.337 e. The number of carbonyl (C=O) groups excluding carboxylic acids is 3. The number of imide groups is 1. The van der Waals surface area contributed by atoms with Crippen molar-refractivity contribution in [3.05, 3.63) is 11.6 Å². The standard InChI is InChI=1S/C11H13N5O3/c17-7-4-3-6(10(18)13-7)12-11(19)9-14-8(15-16-9)5-1-2-5/h5-6H,1-4H2,(H,12,19)(H,13,17,18)(H,14,15,16). The number of H-pyrrole nitrogens is 1. The third-order valence-corrected chi connectivity index (χ3v) is 3.21. The quantitative estimate of drug-likeness (QED) is 0.618. The van der Waals surface area contributed by atoms with Gasteiger partial charge in [-0.15, -0.1) is 5.10 Å². The van der Waals surface area contributed by atoms with Crippen molar-refractivity contribution in [2.24, 2.45) is 0 Å². The van der Waals surface area contributed by atoms with Gasteiger partial charge >= 0.3 is 0 Å². The van der Waals surface area contributed by atoms with Gasteiger partial charge in [-0.1, -0.05) is 0 Å². The Labute approximate surface area is 108 Å². The number of amides is 3.